The molecular formula is C15H21Cl2NO2. The molecule has 1 aromatic carbocycles. The second kappa shape index (κ2) is 7.62. The maximum absolute atomic E-state index is 6.18. The molecule has 112 valence electrons. The Kier molecular flexibility index (Phi) is 6.12. The van der Waals surface area contributed by atoms with Crippen molar-refractivity contribution in [3.8, 4) is 0 Å². The first-order valence-electron chi connectivity index (χ1n) is 6.91. The van der Waals surface area contributed by atoms with Crippen molar-refractivity contribution < 1.29 is 9.47 Å². The van der Waals surface area contributed by atoms with Crippen LogP contribution in [0.1, 0.15) is 18.4 Å². The SMILES string of the molecule is COCCNCC1(c2ccc(Cl)c(Cl)c2)CCOCC1. The Bertz CT molecular complexity index is 434. The molecule has 0 atom stereocenters. The van der Waals surface area contributed by atoms with Crippen LogP contribution in [0.25, 0.3) is 0 Å². The highest BCUT2D eigenvalue weighted by atomic mass is 35.5. The van der Waals surface area contributed by atoms with Crippen molar-refractivity contribution in [2.45, 2.75) is 18.3 Å². The van der Waals surface area contributed by atoms with Crippen LogP contribution in [0.15, 0.2) is 18.2 Å². The van der Waals surface area contributed by atoms with Gasteiger partial charge in [0.25, 0.3) is 0 Å². The molecule has 3 nitrogen and oxygen atoms in total. The highest BCUT2D eigenvalue weighted by molar-refractivity contribution is 6.42. The van der Waals surface area contributed by atoms with Crippen molar-refractivity contribution >= 4 is 23.2 Å². The predicted molar refractivity (Wildman–Crippen MR) is 82.9 cm³/mol. The van der Waals surface area contributed by atoms with E-state index in [2.05, 4.69) is 11.4 Å². The average Bonchev–Trinajstić information content (AvgIpc) is 2.47. The fraction of sp³-hybridized carbons (Fsp3) is 0.600. The first-order valence-corrected chi connectivity index (χ1v) is 7.66. The maximum Gasteiger partial charge on any atom is 0.0595 e. The fourth-order valence-electron chi connectivity index (χ4n) is 2.66. The molecule has 20 heavy (non-hydrogen) atoms. The van der Waals surface area contributed by atoms with Crippen LogP contribution >= 0.6 is 23.2 Å². The van der Waals surface area contributed by atoms with Crippen LogP contribution in [0.2, 0.25) is 10.0 Å². The molecule has 1 heterocycles. The number of halogens is 2. The number of hydrogen-bond donors (Lipinski definition) is 1. The third-order valence-electron chi connectivity index (χ3n) is 3.93. The summed E-state index contributed by atoms with van der Waals surface area (Å²) in [5.41, 5.74) is 1.31. The summed E-state index contributed by atoms with van der Waals surface area (Å²) in [5.74, 6) is 0. The van der Waals surface area contributed by atoms with E-state index >= 15 is 0 Å². The monoisotopic (exact) mass is 317 g/mol. The van der Waals surface area contributed by atoms with Crippen LogP contribution in [0.5, 0.6) is 0 Å². The molecule has 0 unspecified atom stereocenters. The van der Waals surface area contributed by atoms with Gasteiger partial charge in [0.05, 0.1) is 16.7 Å². The Labute approximate surface area is 130 Å². The second-order valence-electron chi connectivity index (χ2n) is 5.19. The van der Waals surface area contributed by atoms with E-state index in [4.69, 9.17) is 32.7 Å². The van der Waals surface area contributed by atoms with E-state index in [1.54, 1.807) is 7.11 Å². The topological polar surface area (TPSA) is 30.5 Å². The van der Waals surface area contributed by atoms with Crippen LogP contribution in [-0.4, -0.2) is 40.0 Å². The summed E-state index contributed by atoms with van der Waals surface area (Å²) in [6.45, 7) is 4.03. The van der Waals surface area contributed by atoms with E-state index in [1.165, 1.54) is 5.56 Å². The minimum absolute atomic E-state index is 0.0697. The molecule has 1 aliphatic heterocycles. The Balaban J connectivity index is 2.14. The highest BCUT2D eigenvalue weighted by Crippen LogP contribution is 2.37. The van der Waals surface area contributed by atoms with Crippen molar-refractivity contribution in [1.82, 2.24) is 5.32 Å². The van der Waals surface area contributed by atoms with Crippen LogP contribution in [0.4, 0.5) is 0 Å². The largest absolute Gasteiger partial charge is 0.383 e. The van der Waals surface area contributed by atoms with Crippen molar-refractivity contribution in [2.75, 3.05) is 40.0 Å². The van der Waals surface area contributed by atoms with Crippen LogP contribution < -0.4 is 5.32 Å². The maximum atomic E-state index is 6.18. The van der Waals surface area contributed by atoms with Gasteiger partial charge in [-0.05, 0) is 30.5 Å². The molecule has 1 fully saturated rings. The fourth-order valence-corrected chi connectivity index (χ4v) is 2.96. The van der Waals surface area contributed by atoms with Crippen LogP contribution in [0, 0.1) is 0 Å². The molecule has 0 radical (unpaired) electrons. The Morgan fingerprint density at radius 1 is 1.25 bits per heavy atom. The lowest BCUT2D eigenvalue weighted by atomic mass is 9.74. The van der Waals surface area contributed by atoms with Gasteiger partial charge in [-0.2, -0.15) is 0 Å². The van der Waals surface area contributed by atoms with E-state index in [0.717, 1.165) is 39.1 Å². The summed E-state index contributed by atoms with van der Waals surface area (Å²) < 4.78 is 10.6. The summed E-state index contributed by atoms with van der Waals surface area (Å²) in [4.78, 5) is 0. The van der Waals surface area contributed by atoms with Gasteiger partial charge in [-0.1, -0.05) is 29.3 Å². The van der Waals surface area contributed by atoms with Crippen molar-refractivity contribution in [2.24, 2.45) is 0 Å². The molecule has 0 amide bonds. The minimum Gasteiger partial charge on any atom is -0.383 e. The van der Waals surface area contributed by atoms with Gasteiger partial charge in [-0.15, -0.1) is 0 Å². The molecule has 1 aliphatic rings. The minimum atomic E-state index is 0.0697. The molecule has 1 aromatic rings. The van der Waals surface area contributed by atoms with Crippen LogP contribution in [-0.2, 0) is 14.9 Å². The standard InChI is InChI=1S/C15H21Cl2NO2/c1-19-9-6-18-11-15(4-7-20-8-5-15)12-2-3-13(16)14(17)10-12/h2-3,10,18H,4-9,11H2,1H3. The molecule has 2 rings (SSSR count). The van der Waals surface area contributed by atoms with Gasteiger partial charge in [0.2, 0.25) is 0 Å². The summed E-state index contributed by atoms with van der Waals surface area (Å²) in [6.07, 6.45) is 1.98. The summed E-state index contributed by atoms with van der Waals surface area (Å²) in [7, 11) is 1.71. The summed E-state index contributed by atoms with van der Waals surface area (Å²) in [5, 5.41) is 4.69. The molecule has 0 aliphatic carbocycles. The molecule has 0 bridgehead atoms. The first kappa shape index (κ1) is 16.1. The highest BCUT2D eigenvalue weighted by Gasteiger charge is 2.34. The van der Waals surface area contributed by atoms with Gasteiger partial charge >= 0.3 is 0 Å². The molecule has 0 aromatic heterocycles. The normalized spacial score (nSPS) is 18.1. The van der Waals surface area contributed by atoms with Gasteiger partial charge in [0, 0.05) is 38.8 Å². The Morgan fingerprint density at radius 2 is 2.00 bits per heavy atom. The third kappa shape index (κ3) is 3.86. The smallest absolute Gasteiger partial charge is 0.0595 e. The number of hydrogen-bond acceptors (Lipinski definition) is 3. The number of methoxy groups -OCH3 is 1. The van der Waals surface area contributed by atoms with Crippen molar-refractivity contribution in [3.05, 3.63) is 33.8 Å². The van der Waals surface area contributed by atoms with Crippen LogP contribution in [0.3, 0.4) is 0 Å². The number of ether oxygens (including phenoxy) is 2. The van der Waals surface area contributed by atoms with Gasteiger partial charge in [-0.3, -0.25) is 0 Å². The summed E-state index contributed by atoms with van der Waals surface area (Å²) >= 11 is 12.2. The van der Waals surface area contributed by atoms with Gasteiger partial charge < -0.3 is 14.8 Å². The van der Waals surface area contributed by atoms with E-state index < -0.39 is 0 Å². The molecule has 0 spiro atoms. The molecule has 1 saturated heterocycles. The molecule has 0 saturated carbocycles. The predicted octanol–water partition coefficient (Wildman–Crippen LogP) is 3.28. The lowest BCUT2D eigenvalue weighted by Crippen LogP contribution is -2.43. The zero-order valence-electron chi connectivity index (χ0n) is 11.8. The van der Waals surface area contributed by atoms with E-state index in [-0.39, 0.29) is 5.41 Å². The third-order valence-corrected chi connectivity index (χ3v) is 4.67. The first-order chi connectivity index (χ1) is 9.68. The molecule has 5 heteroatoms. The number of rotatable bonds is 6. The zero-order valence-corrected chi connectivity index (χ0v) is 13.3. The van der Waals surface area contributed by atoms with Crippen molar-refractivity contribution in [3.63, 3.8) is 0 Å². The number of nitrogens with one attached hydrogen (secondary N) is 1. The zero-order chi connectivity index (χ0) is 14.4. The molecular weight excluding hydrogens is 297 g/mol. The lowest BCUT2D eigenvalue weighted by Gasteiger charge is -2.38. The number of benzene rings is 1. The van der Waals surface area contributed by atoms with E-state index in [0.29, 0.717) is 16.7 Å². The Hall–Kier alpha value is -0.320. The van der Waals surface area contributed by atoms with Gasteiger partial charge in [-0.25, -0.2) is 0 Å². The van der Waals surface area contributed by atoms with E-state index in [1.807, 2.05) is 12.1 Å². The lowest BCUT2D eigenvalue weighted by molar-refractivity contribution is 0.0493. The van der Waals surface area contributed by atoms with Crippen molar-refractivity contribution in [1.29, 1.82) is 0 Å². The van der Waals surface area contributed by atoms with Gasteiger partial charge in [0.1, 0.15) is 0 Å². The second-order valence-corrected chi connectivity index (χ2v) is 6.01. The summed E-state index contributed by atoms with van der Waals surface area (Å²) in [6, 6.07) is 5.95. The average molecular weight is 318 g/mol. The Morgan fingerprint density at radius 3 is 2.65 bits per heavy atom. The molecule has 1 N–H and O–H groups in total. The van der Waals surface area contributed by atoms with E-state index in [9.17, 15) is 0 Å². The van der Waals surface area contributed by atoms with Gasteiger partial charge in [0.15, 0.2) is 0 Å². The quantitative estimate of drug-likeness (QED) is 0.817.